The molecule has 0 spiro atoms. The first-order valence-corrected chi connectivity index (χ1v) is 16.2. The number of benzene rings is 2. The van der Waals surface area contributed by atoms with Crippen molar-refractivity contribution in [3.63, 3.8) is 0 Å². The van der Waals surface area contributed by atoms with E-state index >= 15 is 0 Å². The molecule has 7 nitrogen and oxygen atoms in total. The summed E-state index contributed by atoms with van der Waals surface area (Å²) in [4.78, 5) is 17.6. The standard InChI is InChI=1S/C35H36BCl2N3O4/c1-34(2)25-19-28(34)35(3)29(20-25)44-36(45-35)30(17-22-9-5-4-6-10-22)41-31(42)14-16-43-33-26(37)13-12-23(32(33)38)18-24(21-39)27-11-7-8-15-40-27/h4-13,15,18,25,28-30H,14,16-17,19-20H2,1-3H3,(H,41,42)/t25-,28-,29+,30-,35-/m0/s1. The molecule has 45 heavy (non-hydrogen) atoms. The molecule has 232 valence electrons. The van der Waals surface area contributed by atoms with E-state index in [1.807, 2.05) is 36.4 Å². The fourth-order valence-corrected chi connectivity index (χ4v) is 7.85. The molecule has 3 aromatic rings. The van der Waals surface area contributed by atoms with Crippen LogP contribution in [0.4, 0.5) is 0 Å². The van der Waals surface area contributed by atoms with Crippen LogP contribution in [0.1, 0.15) is 56.9 Å². The molecule has 3 aliphatic carbocycles. The van der Waals surface area contributed by atoms with E-state index in [9.17, 15) is 10.1 Å². The molecule has 1 N–H and O–H groups in total. The highest BCUT2D eigenvalue weighted by molar-refractivity contribution is 6.48. The molecule has 1 amide bonds. The van der Waals surface area contributed by atoms with Crippen molar-refractivity contribution in [3.8, 4) is 11.8 Å². The number of aromatic nitrogens is 1. The Morgan fingerprint density at radius 3 is 2.64 bits per heavy atom. The van der Waals surface area contributed by atoms with Crippen molar-refractivity contribution in [2.45, 2.75) is 64.1 Å². The Kier molecular flexibility index (Phi) is 9.00. The summed E-state index contributed by atoms with van der Waals surface area (Å²) in [5, 5.41) is 13.4. The molecule has 2 bridgehead atoms. The largest absolute Gasteiger partial charge is 0.490 e. The lowest BCUT2D eigenvalue weighted by atomic mass is 9.43. The molecule has 2 aromatic carbocycles. The molecule has 4 fully saturated rings. The SMILES string of the molecule is CC1(C)[C@@H]2C[C@H]3OB([C@H](Cc4ccccc4)NC(=O)CCOc4c(Cl)ccc(C=C(C#N)c5ccccn5)c4Cl)O[C@@]3(C)[C@H]1C2. The van der Waals surface area contributed by atoms with Gasteiger partial charge in [0.25, 0.3) is 0 Å². The quantitative estimate of drug-likeness (QED) is 0.185. The number of rotatable bonds is 10. The van der Waals surface area contributed by atoms with Gasteiger partial charge in [-0.2, -0.15) is 5.26 Å². The van der Waals surface area contributed by atoms with Gasteiger partial charge in [-0.05, 0) is 78.8 Å². The van der Waals surface area contributed by atoms with Gasteiger partial charge < -0.3 is 19.4 Å². The second-order valence-corrected chi connectivity index (χ2v) is 13.7. The van der Waals surface area contributed by atoms with Crippen LogP contribution in [0.2, 0.25) is 10.0 Å². The Labute approximate surface area is 275 Å². The lowest BCUT2D eigenvalue weighted by molar-refractivity contribution is -0.199. The van der Waals surface area contributed by atoms with Crippen molar-refractivity contribution in [2.24, 2.45) is 17.3 Å². The molecule has 0 unspecified atom stereocenters. The highest BCUT2D eigenvalue weighted by Gasteiger charge is 2.68. The number of hydrogen-bond donors (Lipinski definition) is 1. The monoisotopic (exact) mass is 643 g/mol. The average molecular weight is 644 g/mol. The summed E-state index contributed by atoms with van der Waals surface area (Å²) >= 11 is 13.1. The zero-order valence-corrected chi connectivity index (χ0v) is 27.1. The summed E-state index contributed by atoms with van der Waals surface area (Å²) in [6.45, 7) is 6.90. The zero-order chi connectivity index (χ0) is 31.8. The van der Waals surface area contributed by atoms with E-state index in [1.165, 1.54) is 0 Å². The highest BCUT2D eigenvalue weighted by atomic mass is 35.5. The smallest absolute Gasteiger partial charge is 0.482 e. The predicted molar refractivity (Wildman–Crippen MR) is 176 cm³/mol. The van der Waals surface area contributed by atoms with Crippen molar-refractivity contribution < 1.29 is 18.8 Å². The number of hydrogen-bond acceptors (Lipinski definition) is 6. The molecule has 5 atom stereocenters. The maximum atomic E-state index is 13.3. The molecule has 4 aliphatic rings. The second-order valence-electron chi connectivity index (χ2n) is 13.0. The fourth-order valence-electron chi connectivity index (χ4n) is 7.31. The van der Waals surface area contributed by atoms with Gasteiger partial charge in [0.1, 0.15) is 6.07 Å². The first kappa shape index (κ1) is 31.6. The zero-order valence-electron chi connectivity index (χ0n) is 25.6. The number of carbonyl (C=O) groups is 1. The molecule has 3 saturated carbocycles. The van der Waals surface area contributed by atoms with Crippen LogP contribution in [0.25, 0.3) is 11.6 Å². The Hall–Kier alpha value is -3.35. The first-order valence-electron chi connectivity index (χ1n) is 15.4. The summed E-state index contributed by atoms with van der Waals surface area (Å²) < 4.78 is 19.2. The molecule has 1 aliphatic heterocycles. The number of halogens is 2. The molecule has 2 heterocycles. The van der Waals surface area contributed by atoms with Gasteiger partial charge in [-0.3, -0.25) is 9.78 Å². The molecular weight excluding hydrogens is 608 g/mol. The van der Waals surface area contributed by atoms with Crippen LogP contribution < -0.4 is 10.1 Å². The van der Waals surface area contributed by atoms with Crippen LogP contribution in [0.5, 0.6) is 5.75 Å². The van der Waals surface area contributed by atoms with Gasteiger partial charge in [0.15, 0.2) is 5.75 Å². The van der Waals surface area contributed by atoms with E-state index in [4.69, 9.17) is 37.2 Å². The van der Waals surface area contributed by atoms with Gasteiger partial charge in [0, 0.05) is 6.20 Å². The molecule has 0 radical (unpaired) electrons. The third-order valence-electron chi connectivity index (χ3n) is 9.96. The van der Waals surface area contributed by atoms with Crippen molar-refractivity contribution in [1.29, 1.82) is 5.26 Å². The van der Waals surface area contributed by atoms with Crippen LogP contribution >= 0.6 is 23.2 Å². The van der Waals surface area contributed by atoms with E-state index in [0.29, 0.717) is 40.1 Å². The molecule has 1 saturated heterocycles. The number of nitriles is 1. The third-order valence-corrected chi connectivity index (χ3v) is 10.6. The Morgan fingerprint density at radius 1 is 1.16 bits per heavy atom. The lowest BCUT2D eigenvalue weighted by Gasteiger charge is -2.64. The fraction of sp³-hybridized carbons (Fsp3) is 0.400. The Balaban J connectivity index is 1.13. The van der Waals surface area contributed by atoms with E-state index in [0.717, 1.165) is 18.4 Å². The minimum atomic E-state index is -0.555. The van der Waals surface area contributed by atoms with Crippen molar-refractivity contribution in [2.75, 3.05) is 6.61 Å². The third kappa shape index (κ3) is 6.24. The normalized spacial score (nSPS) is 25.5. The summed E-state index contributed by atoms with van der Waals surface area (Å²) in [6.07, 6.45) is 6.05. The summed E-state index contributed by atoms with van der Waals surface area (Å²) in [7, 11) is -0.555. The van der Waals surface area contributed by atoms with Crippen molar-refractivity contribution in [1.82, 2.24) is 10.3 Å². The number of carbonyl (C=O) groups excluding carboxylic acids is 1. The maximum Gasteiger partial charge on any atom is 0.482 e. The molecule has 10 heteroatoms. The highest BCUT2D eigenvalue weighted by Crippen LogP contribution is 2.65. The summed E-state index contributed by atoms with van der Waals surface area (Å²) in [5.74, 6) is 0.738. The van der Waals surface area contributed by atoms with E-state index in [-0.39, 0.29) is 52.8 Å². The molecule has 7 rings (SSSR count). The number of ether oxygens (including phenoxy) is 1. The van der Waals surface area contributed by atoms with Crippen LogP contribution in [-0.4, -0.2) is 42.3 Å². The molecular formula is C35H36BCl2N3O4. The van der Waals surface area contributed by atoms with Gasteiger partial charge in [-0.25, -0.2) is 0 Å². The van der Waals surface area contributed by atoms with Crippen LogP contribution in [0, 0.1) is 28.6 Å². The number of amides is 1. The van der Waals surface area contributed by atoms with E-state index < -0.39 is 7.12 Å². The van der Waals surface area contributed by atoms with Gasteiger partial charge in [-0.1, -0.05) is 79.5 Å². The van der Waals surface area contributed by atoms with E-state index in [1.54, 1.807) is 36.5 Å². The van der Waals surface area contributed by atoms with Gasteiger partial charge in [0.2, 0.25) is 5.91 Å². The van der Waals surface area contributed by atoms with Gasteiger partial charge in [-0.15, -0.1) is 0 Å². The average Bonchev–Trinajstić information content (AvgIpc) is 3.40. The van der Waals surface area contributed by atoms with Crippen LogP contribution in [0.3, 0.4) is 0 Å². The van der Waals surface area contributed by atoms with Crippen LogP contribution in [-0.2, 0) is 20.5 Å². The minimum absolute atomic E-state index is 0.0163. The second kappa shape index (κ2) is 12.8. The first-order chi connectivity index (χ1) is 21.6. The Bertz CT molecular complexity index is 1630. The molecule has 1 aromatic heterocycles. The minimum Gasteiger partial charge on any atom is -0.490 e. The maximum absolute atomic E-state index is 13.3. The summed E-state index contributed by atoms with van der Waals surface area (Å²) in [6, 6.07) is 20.9. The van der Waals surface area contributed by atoms with Crippen LogP contribution in [0.15, 0.2) is 66.9 Å². The Morgan fingerprint density at radius 2 is 1.93 bits per heavy atom. The van der Waals surface area contributed by atoms with E-state index in [2.05, 4.69) is 37.1 Å². The van der Waals surface area contributed by atoms with Gasteiger partial charge >= 0.3 is 7.12 Å². The number of allylic oxidation sites excluding steroid dienone is 1. The van der Waals surface area contributed by atoms with Gasteiger partial charge in [0.05, 0.1) is 52.0 Å². The predicted octanol–water partition coefficient (Wildman–Crippen LogP) is 7.22. The van der Waals surface area contributed by atoms with Crippen molar-refractivity contribution >= 4 is 47.9 Å². The van der Waals surface area contributed by atoms with Crippen molar-refractivity contribution in [3.05, 3.63) is 93.7 Å². The topological polar surface area (TPSA) is 93.5 Å². The summed E-state index contributed by atoms with van der Waals surface area (Å²) in [5.41, 5.74) is 2.36. The number of pyridine rings is 1. The number of nitrogens with zero attached hydrogens (tertiary/aromatic N) is 2. The number of nitrogens with one attached hydrogen (secondary N) is 1. The lowest BCUT2D eigenvalue weighted by Crippen LogP contribution is -2.65.